The van der Waals surface area contributed by atoms with Gasteiger partial charge in [-0.2, -0.15) is 0 Å². The Kier molecular flexibility index (Phi) is 5.61. The number of nitrogens with one attached hydrogen (secondary N) is 3. The monoisotopic (exact) mass is 356 g/mol. The number of aryl methyl sites for hydroxylation is 2. The Hall–Kier alpha value is -2.34. The van der Waals surface area contributed by atoms with Gasteiger partial charge in [0.25, 0.3) is 5.91 Å². The van der Waals surface area contributed by atoms with Gasteiger partial charge in [0.05, 0.1) is 0 Å². The van der Waals surface area contributed by atoms with Crippen LogP contribution in [0.2, 0.25) is 0 Å². The number of benzene rings is 1. The number of aromatic nitrogens is 1. The lowest BCUT2D eigenvalue weighted by atomic mass is 9.91. The minimum absolute atomic E-state index is 0.0176. The number of nitrogens with two attached hydrogens (primary N) is 1. The molecule has 2 aromatic rings. The maximum atomic E-state index is 12.7. The zero-order valence-corrected chi connectivity index (χ0v) is 15.5. The number of hydrogen-bond donors (Lipinski definition) is 4. The zero-order chi connectivity index (χ0) is 18.7. The van der Waals surface area contributed by atoms with E-state index in [0.717, 1.165) is 47.7 Å². The van der Waals surface area contributed by atoms with Crippen LogP contribution in [0, 0.1) is 13.8 Å². The van der Waals surface area contributed by atoms with E-state index in [0.29, 0.717) is 18.7 Å². The smallest absolute Gasteiger partial charge is 0.268 e. The minimum atomic E-state index is -0.0475. The molecule has 0 spiro atoms. The number of para-hydroxylation sites is 1. The second-order valence-electron chi connectivity index (χ2n) is 7.25. The van der Waals surface area contributed by atoms with Crippen LogP contribution >= 0.6 is 0 Å². The highest BCUT2D eigenvalue weighted by molar-refractivity contribution is 6.01. The van der Waals surface area contributed by atoms with Gasteiger partial charge in [0, 0.05) is 36.0 Å². The topological polar surface area (TPSA) is 100 Å². The van der Waals surface area contributed by atoms with Crippen LogP contribution in [0.15, 0.2) is 18.2 Å². The van der Waals surface area contributed by atoms with Crippen molar-refractivity contribution in [3.63, 3.8) is 0 Å². The van der Waals surface area contributed by atoms with Crippen LogP contribution in [0.1, 0.15) is 53.7 Å². The Morgan fingerprint density at radius 3 is 2.38 bits per heavy atom. The molecular weight excluding hydrogens is 328 g/mol. The third-order valence-corrected chi connectivity index (χ3v) is 5.33. The molecule has 1 aromatic heterocycles. The van der Waals surface area contributed by atoms with E-state index in [9.17, 15) is 9.59 Å². The molecule has 0 unspecified atom stereocenters. The number of rotatable bonds is 5. The number of H-pyrrole nitrogens is 1. The summed E-state index contributed by atoms with van der Waals surface area (Å²) >= 11 is 0. The fourth-order valence-corrected chi connectivity index (χ4v) is 3.80. The first kappa shape index (κ1) is 18.5. The van der Waals surface area contributed by atoms with Gasteiger partial charge in [-0.15, -0.1) is 0 Å². The average molecular weight is 356 g/mol. The Morgan fingerprint density at radius 2 is 1.77 bits per heavy atom. The first-order valence-corrected chi connectivity index (χ1v) is 9.37. The third-order valence-electron chi connectivity index (χ3n) is 5.33. The number of fused-ring (bicyclic) bond motifs is 1. The quantitative estimate of drug-likeness (QED) is 0.661. The maximum absolute atomic E-state index is 12.7. The van der Waals surface area contributed by atoms with Gasteiger partial charge >= 0.3 is 0 Å². The van der Waals surface area contributed by atoms with Gasteiger partial charge in [-0.05, 0) is 50.7 Å². The van der Waals surface area contributed by atoms with Crippen molar-refractivity contribution in [3.05, 3.63) is 35.0 Å². The molecule has 5 N–H and O–H groups in total. The summed E-state index contributed by atoms with van der Waals surface area (Å²) in [5.41, 5.74) is 9.21. The summed E-state index contributed by atoms with van der Waals surface area (Å²) in [6.07, 6.45) is 3.88. The molecule has 1 saturated carbocycles. The largest absolute Gasteiger partial charge is 0.353 e. The summed E-state index contributed by atoms with van der Waals surface area (Å²) in [5.74, 6) is -0.0298. The number of carbonyl (C=O) groups is 2. The number of aromatic amines is 1. The molecule has 26 heavy (non-hydrogen) atoms. The van der Waals surface area contributed by atoms with Crippen LogP contribution in [0.25, 0.3) is 10.9 Å². The van der Waals surface area contributed by atoms with Gasteiger partial charge in [0.15, 0.2) is 0 Å². The number of hydrogen-bond acceptors (Lipinski definition) is 3. The zero-order valence-electron chi connectivity index (χ0n) is 15.5. The SMILES string of the molecule is Cc1c(C(=O)N[C@H]2CC[C@H](NC(=O)CCN)CC2)[nH]c2c(C)cccc12. The summed E-state index contributed by atoms with van der Waals surface area (Å²) < 4.78 is 0. The lowest BCUT2D eigenvalue weighted by Crippen LogP contribution is -2.44. The molecule has 140 valence electrons. The molecule has 0 atom stereocenters. The Morgan fingerprint density at radius 1 is 1.12 bits per heavy atom. The molecule has 6 nitrogen and oxygen atoms in total. The highest BCUT2D eigenvalue weighted by Crippen LogP contribution is 2.25. The van der Waals surface area contributed by atoms with Crippen molar-refractivity contribution >= 4 is 22.7 Å². The predicted molar refractivity (Wildman–Crippen MR) is 103 cm³/mol. The van der Waals surface area contributed by atoms with Gasteiger partial charge in [-0.1, -0.05) is 18.2 Å². The van der Waals surface area contributed by atoms with E-state index < -0.39 is 0 Å². The van der Waals surface area contributed by atoms with Gasteiger partial charge < -0.3 is 21.4 Å². The van der Waals surface area contributed by atoms with Crippen LogP contribution in [-0.4, -0.2) is 35.4 Å². The highest BCUT2D eigenvalue weighted by atomic mass is 16.2. The van der Waals surface area contributed by atoms with E-state index in [1.807, 2.05) is 32.0 Å². The fourth-order valence-electron chi connectivity index (χ4n) is 3.80. The predicted octanol–water partition coefficient (Wildman–Crippen LogP) is 2.29. The van der Waals surface area contributed by atoms with Crippen LogP contribution in [0.5, 0.6) is 0 Å². The molecule has 3 rings (SSSR count). The average Bonchev–Trinajstić information content (AvgIpc) is 2.95. The van der Waals surface area contributed by atoms with Crippen molar-refractivity contribution in [2.24, 2.45) is 5.73 Å². The molecule has 1 aromatic carbocycles. The van der Waals surface area contributed by atoms with Crippen LogP contribution in [-0.2, 0) is 4.79 Å². The lowest BCUT2D eigenvalue weighted by molar-refractivity contribution is -0.121. The van der Waals surface area contributed by atoms with Crippen molar-refractivity contribution in [3.8, 4) is 0 Å². The van der Waals surface area contributed by atoms with Crippen molar-refractivity contribution in [2.75, 3.05) is 6.54 Å². The van der Waals surface area contributed by atoms with Crippen molar-refractivity contribution in [1.29, 1.82) is 0 Å². The standard InChI is InChI=1S/C20H28N4O2/c1-12-4-3-5-16-13(2)19(24-18(12)16)20(26)23-15-8-6-14(7-9-15)22-17(25)10-11-21/h3-5,14-15,24H,6-11,21H2,1-2H3,(H,22,25)(H,23,26)/t14-,15-. The molecule has 0 saturated heterocycles. The molecule has 0 aliphatic heterocycles. The molecule has 1 aliphatic rings. The van der Waals surface area contributed by atoms with E-state index >= 15 is 0 Å². The molecule has 2 amide bonds. The minimum Gasteiger partial charge on any atom is -0.353 e. The maximum Gasteiger partial charge on any atom is 0.268 e. The van der Waals surface area contributed by atoms with Gasteiger partial charge in [0.1, 0.15) is 5.69 Å². The van der Waals surface area contributed by atoms with Gasteiger partial charge in [0.2, 0.25) is 5.91 Å². The fraction of sp³-hybridized carbons (Fsp3) is 0.500. The summed E-state index contributed by atoms with van der Waals surface area (Å²) in [6.45, 7) is 4.40. The molecule has 1 aliphatic carbocycles. The molecule has 1 heterocycles. The van der Waals surface area contributed by atoms with Gasteiger partial charge in [-0.25, -0.2) is 0 Å². The van der Waals surface area contributed by atoms with Gasteiger partial charge in [-0.3, -0.25) is 9.59 Å². The normalized spacial score (nSPS) is 20.1. The van der Waals surface area contributed by atoms with Crippen molar-refractivity contribution in [2.45, 2.75) is 58.0 Å². The molecular formula is C20H28N4O2. The summed E-state index contributed by atoms with van der Waals surface area (Å²) in [6, 6.07) is 6.44. The highest BCUT2D eigenvalue weighted by Gasteiger charge is 2.25. The molecule has 0 radical (unpaired) electrons. The Bertz CT molecular complexity index is 803. The van der Waals surface area contributed by atoms with E-state index in [2.05, 4.69) is 15.6 Å². The summed E-state index contributed by atoms with van der Waals surface area (Å²) in [4.78, 5) is 27.7. The second kappa shape index (κ2) is 7.91. The van der Waals surface area contributed by atoms with Crippen LogP contribution in [0.3, 0.4) is 0 Å². The van der Waals surface area contributed by atoms with E-state index in [-0.39, 0.29) is 23.9 Å². The molecule has 1 fully saturated rings. The van der Waals surface area contributed by atoms with Crippen LogP contribution in [0.4, 0.5) is 0 Å². The first-order valence-electron chi connectivity index (χ1n) is 9.37. The number of carbonyl (C=O) groups excluding carboxylic acids is 2. The summed E-state index contributed by atoms with van der Waals surface area (Å²) in [7, 11) is 0. The van der Waals surface area contributed by atoms with E-state index in [1.165, 1.54) is 0 Å². The molecule has 0 bridgehead atoms. The van der Waals surface area contributed by atoms with Crippen molar-refractivity contribution < 1.29 is 9.59 Å². The third kappa shape index (κ3) is 3.90. The lowest BCUT2D eigenvalue weighted by Gasteiger charge is -2.29. The number of amides is 2. The van der Waals surface area contributed by atoms with Crippen molar-refractivity contribution in [1.82, 2.24) is 15.6 Å². The molecule has 6 heteroatoms. The van der Waals surface area contributed by atoms with Crippen LogP contribution < -0.4 is 16.4 Å². The van der Waals surface area contributed by atoms with E-state index in [4.69, 9.17) is 5.73 Å². The first-order chi connectivity index (χ1) is 12.5. The second-order valence-corrected chi connectivity index (χ2v) is 7.25. The van der Waals surface area contributed by atoms with E-state index in [1.54, 1.807) is 0 Å². The Balaban J connectivity index is 1.59. The summed E-state index contributed by atoms with van der Waals surface area (Å²) in [5, 5.41) is 7.27. The Labute approximate surface area is 153 Å².